The van der Waals surface area contributed by atoms with Gasteiger partial charge in [0.1, 0.15) is 0 Å². The Morgan fingerprint density at radius 1 is 0.737 bits per heavy atom. The number of halogens is 3. The molecule has 0 fully saturated rings. The zero-order valence-electron chi connectivity index (χ0n) is 21.8. The van der Waals surface area contributed by atoms with Crippen LogP contribution >= 0.6 is 0 Å². The lowest BCUT2D eigenvalue weighted by atomic mass is 9.99. The molecule has 200 valence electrons. The molecular weight excluding hydrogens is 497 g/mol. The zero-order chi connectivity index (χ0) is 27.4. The molecule has 0 radical (unpaired) electrons. The Morgan fingerprint density at radius 3 is 1.87 bits per heavy atom. The van der Waals surface area contributed by atoms with Crippen molar-refractivity contribution in [3.05, 3.63) is 77.4 Å². The summed E-state index contributed by atoms with van der Waals surface area (Å²) in [6, 6.07) is 16.3. The third-order valence-corrected chi connectivity index (χ3v) is 6.30. The number of nitrogens with zero attached hydrogens (tertiary/aromatic N) is 2. The maximum atomic E-state index is 13.4. The molecule has 1 heterocycles. The lowest BCUT2D eigenvalue weighted by Crippen LogP contribution is -2.08. The molecule has 6 nitrogen and oxygen atoms in total. The van der Waals surface area contributed by atoms with Gasteiger partial charge >= 0.3 is 6.18 Å². The average molecular weight is 527 g/mol. The molecule has 9 heteroatoms. The van der Waals surface area contributed by atoms with Gasteiger partial charge in [-0.2, -0.15) is 18.3 Å². The van der Waals surface area contributed by atoms with Crippen LogP contribution in [0, 0.1) is 0 Å². The molecule has 4 rings (SSSR count). The largest absolute Gasteiger partial charge is 0.493 e. The second kappa shape index (κ2) is 11.1. The highest BCUT2D eigenvalue weighted by Gasteiger charge is 2.30. The van der Waals surface area contributed by atoms with Gasteiger partial charge in [-0.1, -0.05) is 19.1 Å². The van der Waals surface area contributed by atoms with Crippen molar-refractivity contribution in [3.63, 3.8) is 0 Å². The molecule has 1 aromatic heterocycles. The Labute approximate surface area is 219 Å². The van der Waals surface area contributed by atoms with Gasteiger partial charge in [-0.25, -0.2) is 0 Å². The number of rotatable bonds is 9. The molecule has 0 amide bonds. The Morgan fingerprint density at radius 2 is 1.32 bits per heavy atom. The highest BCUT2D eigenvalue weighted by molar-refractivity contribution is 5.77. The van der Waals surface area contributed by atoms with E-state index in [9.17, 15) is 13.2 Å². The molecule has 0 N–H and O–H groups in total. The molecule has 0 spiro atoms. The zero-order valence-corrected chi connectivity index (χ0v) is 21.8. The molecule has 3 aromatic carbocycles. The summed E-state index contributed by atoms with van der Waals surface area (Å²) in [6.45, 7) is 2.15. The predicted molar refractivity (Wildman–Crippen MR) is 139 cm³/mol. The number of hydrogen-bond acceptors (Lipinski definition) is 5. The molecule has 38 heavy (non-hydrogen) atoms. The Hall–Kier alpha value is -4.14. The van der Waals surface area contributed by atoms with Crippen LogP contribution in [0.25, 0.3) is 22.5 Å². The van der Waals surface area contributed by atoms with Crippen molar-refractivity contribution in [2.24, 2.45) is 0 Å². The van der Waals surface area contributed by atoms with Gasteiger partial charge in [0.15, 0.2) is 23.0 Å². The first-order chi connectivity index (χ1) is 18.2. The summed E-state index contributed by atoms with van der Waals surface area (Å²) in [4.78, 5) is 0. The summed E-state index contributed by atoms with van der Waals surface area (Å²) < 4.78 is 63.8. The van der Waals surface area contributed by atoms with Gasteiger partial charge < -0.3 is 18.9 Å². The van der Waals surface area contributed by atoms with Crippen molar-refractivity contribution in [2.45, 2.75) is 26.1 Å². The van der Waals surface area contributed by atoms with E-state index in [4.69, 9.17) is 24.0 Å². The molecule has 0 saturated carbocycles. The normalized spacial score (nSPS) is 11.4. The van der Waals surface area contributed by atoms with E-state index in [0.717, 1.165) is 34.5 Å². The van der Waals surface area contributed by atoms with Crippen LogP contribution < -0.4 is 18.9 Å². The average Bonchev–Trinajstić information content (AvgIpc) is 3.29. The highest BCUT2D eigenvalue weighted by Crippen LogP contribution is 2.40. The van der Waals surface area contributed by atoms with E-state index in [1.54, 1.807) is 51.3 Å². The lowest BCUT2D eigenvalue weighted by molar-refractivity contribution is -0.137. The number of benzene rings is 3. The predicted octanol–water partition coefficient (Wildman–Crippen LogP) is 6.88. The van der Waals surface area contributed by atoms with Crippen LogP contribution in [0.3, 0.4) is 0 Å². The number of aromatic nitrogens is 2. The Kier molecular flexibility index (Phi) is 7.85. The van der Waals surface area contributed by atoms with E-state index in [1.807, 2.05) is 31.2 Å². The van der Waals surface area contributed by atoms with Crippen molar-refractivity contribution in [1.29, 1.82) is 0 Å². The minimum atomic E-state index is -4.44. The number of methoxy groups -OCH3 is 4. The van der Waals surface area contributed by atoms with E-state index in [0.29, 0.717) is 40.7 Å². The lowest BCUT2D eigenvalue weighted by Gasteiger charge is -2.14. The minimum absolute atomic E-state index is 0.133. The Bertz CT molecular complexity index is 1430. The third kappa shape index (κ3) is 5.27. The maximum absolute atomic E-state index is 13.4. The van der Waals surface area contributed by atoms with Crippen LogP contribution in [0.15, 0.2) is 60.7 Å². The van der Waals surface area contributed by atoms with Gasteiger partial charge in [0.05, 0.1) is 51.9 Å². The maximum Gasteiger partial charge on any atom is 0.416 e. The third-order valence-electron chi connectivity index (χ3n) is 6.30. The van der Waals surface area contributed by atoms with Crippen molar-refractivity contribution >= 4 is 0 Å². The van der Waals surface area contributed by atoms with E-state index in [1.165, 1.54) is 6.07 Å². The van der Waals surface area contributed by atoms with Crippen LogP contribution in [0.5, 0.6) is 23.0 Å². The first-order valence-electron chi connectivity index (χ1n) is 11.9. The van der Waals surface area contributed by atoms with Crippen molar-refractivity contribution < 1.29 is 32.1 Å². The fraction of sp³-hybridized carbons (Fsp3) is 0.276. The van der Waals surface area contributed by atoms with E-state index in [2.05, 4.69) is 0 Å². The molecule has 0 aliphatic rings. The SMILES string of the molecule is CCc1c(-c2ccc(OC)c(OC)c2)nn(Cc2cccc(C(F)(F)F)c2)c1-c1ccc(OC)c(OC)c1. The standard InChI is InChI=1S/C29H29F3N2O4/c1-6-22-27(19-10-12-23(35-2)25(15-19)37-4)33-34(17-18-8-7-9-21(14-18)29(30,31)32)28(22)20-11-13-24(36-3)26(16-20)38-5/h7-16H,6,17H2,1-5H3. The van der Waals surface area contributed by atoms with E-state index in [-0.39, 0.29) is 6.54 Å². The summed E-state index contributed by atoms with van der Waals surface area (Å²) >= 11 is 0. The van der Waals surface area contributed by atoms with Gasteiger partial charge in [0.2, 0.25) is 0 Å². The van der Waals surface area contributed by atoms with Crippen molar-refractivity contribution in [1.82, 2.24) is 9.78 Å². The second-order valence-corrected chi connectivity index (χ2v) is 8.52. The quantitative estimate of drug-likeness (QED) is 0.238. The van der Waals surface area contributed by atoms with Crippen LogP contribution in [0.2, 0.25) is 0 Å². The smallest absolute Gasteiger partial charge is 0.416 e. The van der Waals surface area contributed by atoms with Crippen LogP contribution in [0.4, 0.5) is 13.2 Å². The van der Waals surface area contributed by atoms with Crippen LogP contribution in [0.1, 0.15) is 23.6 Å². The second-order valence-electron chi connectivity index (χ2n) is 8.52. The van der Waals surface area contributed by atoms with Crippen molar-refractivity contribution in [3.8, 4) is 45.5 Å². The van der Waals surface area contributed by atoms with Gasteiger partial charge in [-0.3, -0.25) is 4.68 Å². The monoisotopic (exact) mass is 526 g/mol. The van der Waals surface area contributed by atoms with E-state index < -0.39 is 11.7 Å². The van der Waals surface area contributed by atoms with Gasteiger partial charge in [0, 0.05) is 16.7 Å². The topological polar surface area (TPSA) is 54.7 Å². The van der Waals surface area contributed by atoms with Crippen LogP contribution in [-0.2, 0) is 19.1 Å². The van der Waals surface area contributed by atoms with Crippen LogP contribution in [-0.4, -0.2) is 38.2 Å². The summed E-state index contributed by atoms with van der Waals surface area (Å²) in [5, 5.41) is 4.91. The summed E-state index contributed by atoms with van der Waals surface area (Å²) in [5.41, 5.74) is 3.77. The molecule has 0 aliphatic carbocycles. The van der Waals surface area contributed by atoms with Gasteiger partial charge in [-0.15, -0.1) is 0 Å². The van der Waals surface area contributed by atoms with Crippen molar-refractivity contribution in [2.75, 3.05) is 28.4 Å². The fourth-order valence-electron chi connectivity index (χ4n) is 4.49. The van der Waals surface area contributed by atoms with E-state index >= 15 is 0 Å². The summed E-state index contributed by atoms with van der Waals surface area (Å²) in [6.07, 6.45) is -3.82. The minimum Gasteiger partial charge on any atom is -0.493 e. The van der Waals surface area contributed by atoms with Gasteiger partial charge in [0.25, 0.3) is 0 Å². The molecule has 0 aliphatic heterocycles. The highest BCUT2D eigenvalue weighted by atomic mass is 19.4. The van der Waals surface area contributed by atoms with Gasteiger partial charge in [-0.05, 0) is 60.5 Å². The fourth-order valence-corrected chi connectivity index (χ4v) is 4.49. The number of ether oxygens (including phenoxy) is 4. The first kappa shape index (κ1) is 26.9. The molecule has 0 atom stereocenters. The summed E-state index contributed by atoms with van der Waals surface area (Å²) in [7, 11) is 6.23. The number of alkyl halides is 3. The number of hydrogen-bond donors (Lipinski definition) is 0. The summed E-state index contributed by atoms with van der Waals surface area (Å²) in [5.74, 6) is 2.23. The first-order valence-corrected chi connectivity index (χ1v) is 11.9. The molecule has 4 aromatic rings. The molecule has 0 saturated heterocycles. The molecule has 0 bridgehead atoms. The molecular formula is C29H29F3N2O4. The Balaban J connectivity index is 1.93. The molecule has 0 unspecified atom stereocenters.